The number of amides is 3. The summed E-state index contributed by atoms with van der Waals surface area (Å²) in [7, 11) is 0. The molecule has 2 N–H and O–H groups in total. The Morgan fingerprint density at radius 1 is 1.11 bits per heavy atom. The Morgan fingerprint density at radius 3 is 2.60 bits per heavy atom. The minimum absolute atomic E-state index is 0.115. The van der Waals surface area contributed by atoms with E-state index in [0.717, 1.165) is 13.0 Å². The Kier molecular flexibility index (Phi) is 7.71. The first-order valence-corrected chi connectivity index (χ1v) is 11.3. The van der Waals surface area contributed by atoms with Gasteiger partial charge in [0.25, 0.3) is 5.91 Å². The second-order valence-corrected chi connectivity index (χ2v) is 8.19. The highest BCUT2D eigenvalue weighted by Crippen LogP contribution is 2.27. The first-order valence-electron chi connectivity index (χ1n) is 11.3. The summed E-state index contributed by atoms with van der Waals surface area (Å²) in [4.78, 5) is 42.6. The lowest BCUT2D eigenvalue weighted by Crippen LogP contribution is -2.33. The number of aryl methyl sites for hydroxylation is 1. The maximum atomic E-state index is 12.9. The Bertz CT molecular complexity index is 1150. The predicted molar refractivity (Wildman–Crippen MR) is 127 cm³/mol. The molecule has 3 aromatic rings. The van der Waals surface area contributed by atoms with E-state index in [4.69, 9.17) is 4.74 Å². The number of ether oxygens (including phenoxy) is 1. The minimum Gasteiger partial charge on any atom is -0.484 e. The summed E-state index contributed by atoms with van der Waals surface area (Å²) in [6, 6.07) is 12.2. The van der Waals surface area contributed by atoms with E-state index in [1.54, 1.807) is 41.7 Å². The van der Waals surface area contributed by atoms with Gasteiger partial charge in [-0.25, -0.2) is 9.37 Å². The quantitative estimate of drug-likeness (QED) is 0.435. The van der Waals surface area contributed by atoms with Gasteiger partial charge in [0.2, 0.25) is 11.8 Å². The fraction of sp³-hybridized carbons (Fsp3) is 0.280. The second kappa shape index (κ2) is 11.3. The SMILES string of the molecule is O=C(COc1ccc(N2C[C@H](C(=O)NCCCn3ccnc3)CC2=O)cc1)Nc1ccc(F)cc1. The molecule has 4 rings (SSSR count). The van der Waals surface area contributed by atoms with Crippen molar-refractivity contribution in [3.8, 4) is 5.75 Å². The smallest absolute Gasteiger partial charge is 0.262 e. The molecule has 0 spiro atoms. The lowest BCUT2D eigenvalue weighted by atomic mass is 10.1. The number of nitrogens with one attached hydrogen (secondary N) is 2. The summed E-state index contributed by atoms with van der Waals surface area (Å²) in [5.74, 6) is -0.947. The molecular formula is C25H26FN5O4. The van der Waals surface area contributed by atoms with Crippen molar-refractivity contribution in [1.29, 1.82) is 0 Å². The number of hydrogen-bond acceptors (Lipinski definition) is 5. The highest BCUT2D eigenvalue weighted by atomic mass is 19.1. The molecule has 0 unspecified atom stereocenters. The molecule has 0 radical (unpaired) electrons. The number of carbonyl (C=O) groups is 3. The fourth-order valence-corrected chi connectivity index (χ4v) is 3.77. The highest BCUT2D eigenvalue weighted by molar-refractivity contribution is 6.00. The van der Waals surface area contributed by atoms with Crippen LogP contribution in [0.2, 0.25) is 0 Å². The lowest BCUT2D eigenvalue weighted by molar-refractivity contribution is -0.126. The van der Waals surface area contributed by atoms with Crippen LogP contribution in [0.25, 0.3) is 0 Å². The molecule has 182 valence electrons. The number of benzene rings is 2. The van der Waals surface area contributed by atoms with E-state index in [1.807, 2.05) is 10.8 Å². The van der Waals surface area contributed by atoms with E-state index in [0.29, 0.717) is 30.2 Å². The molecule has 0 saturated carbocycles. The maximum absolute atomic E-state index is 12.9. The van der Waals surface area contributed by atoms with Crippen molar-refractivity contribution >= 4 is 29.1 Å². The summed E-state index contributed by atoms with van der Waals surface area (Å²) in [5, 5.41) is 5.52. The Balaban J connectivity index is 1.21. The molecule has 9 nitrogen and oxygen atoms in total. The van der Waals surface area contributed by atoms with Crippen LogP contribution in [0.15, 0.2) is 67.3 Å². The van der Waals surface area contributed by atoms with Crippen LogP contribution in [0.3, 0.4) is 0 Å². The van der Waals surface area contributed by atoms with Crippen molar-refractivity contribution < 1.29 is 23.5 Å². The van der Waals surface area contributed by atoms with Crippen molar-refractivity contribution in [3.05, 3.63) is 73.1 Å². The number of halogens is 1. The Morgan fingerprint density at radius 2 is 1.89 bits per heavy atom. The van der Waals surface area contributed by atoms with Crippen LogP contribution in [0, 0.1) is 11.7 Å². The number of nitrogens with zero attached hydrogens (tertiary/aromatic N) is 3. The Hall–Kier alpha value is -4.21. The van der Waals surface area contributed by atoms with Crippen LogP contribution in [0.4, 0.5) is 15.8 Å². The summed E-state index contributed by atoms with van der Waals surface area (Å²) in [6.07, 6.45) is 6.25. The Labute approximate surface area is 201 Å². The van der Waals surface area contributed by atoms with Gasteiger partial charge in [-0.05, 0) is 55.0 Å². The summed E-state index contributed by atoms with van der Waals surface area (Å²) in [5.41, 5.74) is 1.13. The molecule has 1 aromatic heterocycles. The van der Waals surface area contributed by atoms with Gasteiger partial charge in [0.1, 0.15) is 11.6 Å². The van der Waals surface area contributed by atoms with Crippen LogP contribution in [-0.2, 0) is 20.9 Å². The summed E-state index contributed by atoms with van der Waals surface area (Å²) < 4.78 is 20.4. The number of imidazole rings is 1. The lowest BCUT2D eigenvalue weighted by Gasteiger charge is -2.17. The van der Waals surface area contributed by atoms with Gasteiger partial charge in [0.15, 0.2) is 6.61 Å². The van der Waals surface area contributed by atoms with E-state index in [-0.39, 0.29) is 36.6 Å². The first-order chi connectivity index (χ1) is 17.0. The van der Waals surface area contributed by atoms with E-state index in [9.17, 15) is 18.8 Å². The third kappa shape index (κ3) is 6.66. The van der Waals surface area contributed by atoms with E-state index in [2.05, 4.69) is 15.6 Å². The molecule has 35 heavy (non-hydrogen) atoms. The van der Waals surface area contributed by atoms with Crippen LogP contribution in [0.1, 0.15) is 12.8 Å². The molecule has 0 bridgehead atoms. The monoisotopic (exact) mass is 479 g/mol. The second-order valence-electron chi connectivity index (χ2n) is 8.19. The molecule has 10 heteroatoms. The molecule has 1 atom stereocenters. The highest BCUT2D eigenvalue weighted by Gasteiger charge is 2.34. The van der Waals surface area contributed by atoms with Gasteiger partial charge in [-0.1, -0.05) is 0 Å². The fourth-order valence-electron chi connectivity index (χ4n) is 3.77. The molecule has 1 aliphatic rings. The molecule has 1 fully saturated rings. The van der Waals surface area contributed by atoms with Crippen molar-refractivity contribution in [2.75, 3.05) is 29.9 Å². The number of carbonyl (C=O) groups excluding carboxylic acids is 3. The molecular weight excluding hydrogens is 453 g/mol. The van der Waals surface area contributed by atoms with Gasteiger partial charge in [-0.15, -0.1) is 0 Å². The van der Waals surface area contributed by atoms with E-state index < -0.39 is 5.92 Å². The minimum atomic E-state index is -0.401. The van der Waals surface area contributed by atoms with Gasteiger partial charge >= 0.3 is 0 Å². The van der Waals surface area contributed by atoms with Gasteiger partial charge in [0.05, 0.1) is 12.2 Å². The molecule has 1 aliphatic heterocycles. The molecule has 3 amide bonds. The molecule has 2 aromatic carbocycles. The van der Waals surface area contributed by atoms with E-state index in [1.165, 1.54) is 24.3 Å². The maximum Gasteiger partial charge on any atom is 0.262 e. The number of aromatic nitrogens is 2. The first kappa shape index (κ1) is 23.9. The molecule has 0 aliphatic carbocycles. The predicted octanol–water partition coefficient (Wildman–Crippen LogP) is 2.60. The number of rotatable bonds is 10. The van der Waals surface area contributed by atoms with Crippen molar-refractivity contribution in [3.63, 3.8) is 0 Å². The van der Waals surface area contributed by atoms with Crippen LogP contribution in [0.5, 0.6) is 5.75 Å². The van der Waals surface area contributed by atoms with Gasteiger partial charge in [0, 0.05) is 49.8 Å². The van der Waals surface area contributed by atoms with Gasteiger partial charge < -0.3 is 24.8 Å². The van der Waals surface area contributed by atoms with Crippen LogP contribution >= 0.6 is 0 Å². The average Bonchev–Trinajstić information content (AvgIpc) is 3.52. The zero-order valence-corrected chi connectivity index (χ0v) is 19.0. The molecule has 1 saturated heterocycles. The number of anilines is 2. The third-order valence-corrected chi connectivity index (χ3v) is 5.59. The average molecular weight is 480 g/mol. The normalized spacial score (nSPS) is 15.2. The van der Waals surface area contributed by atoms with Crippen LogP contribution < -0.4 is 20.3 Å². The zero-order valence-electron chi connectivity index (χ0n) is 19.0. The summed E-state index contributed by atoms with van der Waals surface area (Å²) >= 11 is 0. The zero-order chi connectivity index (χ0) is 24.6. The topological polar surface area (TPSA) is 106 Å². The molecule has 2 heterocycles. The van der Waals surface area contributed by atoms with Gasteiger partial charge in [-0.3, -0.25) is 14.4 Å². The van der Waals surface area contributed by atoms with Crippen molar-refractivity contribution in [2.45, 2.75) is 19.4 Å². The van der Waals surface area contributed by atoms with Crippen LogP contribution in [-0.4, -0.2) is 47.0 Å². The van der Waals surface area contributed by atoms with Crippen molar-refractivity contribution in [2.24, 2.45) is 5.92 Å². The largest absolute Gasteiger partial charge is 0.484 e. The van der Waals surface area contributed by atoms with E-state index >= 15 is 0 Å². The van der Waals surface area contributed by atoms with Crippen molar-refractivity contribution in [1.82, 2.24) is 14.9 Å². The summed E-state index contributed by atoms with van der Waals surface area (Å²) in [6.45, 7) is 1.38. The third-order valence-electron chi connectivity index (χ3n) is 5.59. The number of hydrogen-bond donors (Lipinski definition) is 2. The van der Waals surface area contributed by atoms with Gasteiger partial charge in [-0.2, -0.15) is 0 Å². The standard InChI is InChI=1S/C25H26FN5O4/c26-19-2-4-20(5-3-19)29-23(32)16-35-22-8-6-21(7-9-22)31-15-18(14-24(31)33)25(34)28-10-1-12-30-13-11-27-17-30/h2-9,11,13,17-18H,1,10,12,14-16H2,(H,28,34)(H,29,32)/t18-/m1/s1.